The third-order valence-corrected chi connectivity index (χ3v) is 6.08. The highest BCUT2D eigenvalue weighted by atomic mass is 35.5. The van der Waals surface area contributed by atoms with Gasteiger partial charge in [0, 0.05) is 34.4 Å². The molecule has 2 aromatic carbocycles. The Kier molecular flexibility index (Phi) is 6.39. The van der Waals surface area contributed by atoms with E-state index < -0.39 is 12.2 Å². The first-order valence-corrected chi connectivity index (χ1v) is 10.9. The lowest BCUT2D eigenvalue weighted by atomic mass is 10.1. The summed E-state index contributed by atoms with van der Waals surface area (Å²) in [6.07, 6.45) is 2.90. The summed E-state index contributed by atoms with van der Waals surface area (Å²) in [5.74, 6) is -0.303. The summed E-state index contributed by atoms with van der Waals surface area (Å²) in [4.78, 5) is 29.3. The van der Waals surface area contributed by atoms with Gasteiger partial charge in [0.1, 0.15) is 6.10 Å². The fourth-order valence-corrected chi connectivity index (χ4v) is 4.24. The van der Waals surface area contributed by atoms with E-state index in [1.807, 2.05) is 12.1 Å². The number of carbonyl (C=O) groups excluding carboxylic acids is 2. The molecule has 0 radical (unpaired) electrons. The van der Waals surface area contributed by atoms with Crippen LogP contribution in [0.1, 0.15) is 29.6 Å². The number of nitrogens with zero attached hydrogens (tertiary/aromatic N) is 2. The highest BCUT2D eigenvalue weighted by Crippen LogP contribution is 2.26. The van der Waals surface area contributed by atoms with E-state index in [0.717, 1.165) is 18.8 Å². The Morgan fingerprint density at radius 1 is 1.10 bits per heavy atom. The molecule has 2 aliphatic heterocycles. The molecule has 0 saturated carbocycles. The molecule has 0 bridgehead atoms. The second-order valence-corrected chi connectivity index (χ2v) is 8.47. The van der Waals surface area contributed by atoms with Gasteiger partial charge in [0.05, 0.1) is 18.7 Å². The normalized spacial score (nSPS) is 19.0. The fourth-order valence-electron chi connectivity index (χ4n) is 3.83. The summed E-state index contributed by atoms with van der Waals surface area (Å²) in [5, 5.41) is 3.26. The van der Waals surface area contributed by atoms with Crippen LogP contribution in [0.15, 0.2) is 47.4 Å². The zero-order chi connectivity index (χ0) is 21.1. The third-order valence-electron chi connectivity index (χ3n) is 5.45. The lowest BCUT2D eigenvalue weighted by Gasteiger charge is -2.29. The molecule has 2 heterocycles. The SMILES string of the molecule is O=C(NC[C@H]1CN(c2ccc(N3CCCCC3)cc2)C(=O)O1)c1cc(Cl)ccc1S. The minimum Gasteiger partial charge on any atom is -0.442 e. The zero-order valence-corrected chi connectivity index (χ0v) is 18.2. The van der Waals surface area contributed by atoms with Crippen LogP contribution in [0, 0.1) is 0 Å². The van der Waals surface area contributed by atoms with E-state index in [9.17, 15) is 9.59 Å². The maximum atomic E-state index is 12.4. The third kappa shape index (κ3) is 4.68. The van der Waals surface area contributed by atoms with Crippen molar-refractivity contribution in [2.75, 3.05) is 36.0 Å². The molecule has 0 aromatic heterocycles. The Bertz CT molecular complexity index is 932. The Morgan fingerprint density at radius 3 is 2.53 bits per heavy atom. The van der Waals surface area contributed by atoms with Gasteiger partial charge in [-0.15, -0.1) is 12.6 Å². The van der Waals surface area contributed by atoms with Crippen molar-refractivity contribution in [2.45, 2.75) is 30.3 Å². The van der Waals surface area contributed by atoms with Crippen LogP contribution < -0.4 is 15.1 Å². The molecule has 2 aliphatic rings. The molecule has 158 valence electrons. The number of thiol groups is 1. The molecule has 8 heteroatoms. The van der Waals surface area contributed by atoms with Crippen LogP contribution in [-0.4, -0.2) is 44.3 Å². The van der Waals surface area contributed by atoms with Crippen LogP contribution >= 0.6 is 24.2 Å². The molecule has 0 spiro atoms. The number of carbonyl (C=O) groups is 2. The van der Waals surface area contributed by atoms with Crippen molar-refractivity contribution in [1.29, 1.82) is 0 Å². The molecule has 6 nitrogen and oxygen atoms in total. The Hall–Kier alpha value is -2.38. The topological polar surface area (TPSA) is 61.9 Å². The Labute approximate surface area is 186 Å². The van der Waals surface area contributed by atoms with Gasteiger partial charge in [-0.25, -0.2) is 4.79 Å². The molecule has 30 heavy (non-hydrogen) atoms. The van der Waals surface area contributed by atoms with E-state index in [1.54, 1.807) is 23.1 Å². The highest BCUT2D eigenvalue weighted by molar-refractivity contribution is 7.80. The molecule has 2 saturated heterocycles. The number of halogens is 1. The highest BCUT2D eigenvalue weighted by Gasteiger charge is 2.32. The van der Waals surface area contributed by atoms with Gasteiger partial charge in [-0.1, -0.05) is 11.6 Å². The van der Waals surface area contributed by atoms with Gasteiger partial charge in [-0.2, -0.15) is 0 Å². The van der Waals surface area contributed by atoms with E-state index in [0.29, 0.717) is 22.0 Å². The summed E-state index contributed by atoms with van der Waals surface area (Å²) in [6, 6.07) is 12.9. The Balaban J connectivity index is 1.34. The summed E-state index contributed by atoms with van der Waals surface area (Å²) in [7, 11) is 0. The van der Waals surface area contributed by atoms with Crippen LogP contribution in [-0.2, 0) is 4.74 Å². The minimum atomic E-state index is -0.425. The van der Waals surface area contributed by atoms with Gasteiger partial charge in [-0.05, 0) is 61.7 Å². The van der Waals surface area contributed by atoms with Crippen LogP contribution in [0.5, 0.6) is 0 Å². The predicted molar refractivity (Wildman–Crippen MR) is 121 cm³/mol. The van der Waals surface area contributed by atoms with E-state index in [1.165, 1.54) is 24.9 Å². The molecule has 0 aliphatic carbocycles. The predicted octanol–water partition coefficient (Wildman–Crippen LogP) is 4.37. The molecule has 4 rings (SSSR count). The van der Waals surface area contributed by atoms with E-state index in [4.69, 9.17) is 16.3 Å². The number of hydrogen-bond acceptors (Lipinski definition) is 5. The molecule has 2 fully saturated rings. The van der Waals surface area contributed by atoms with Gasteiger partial charge in [-0.3, -0.25) is 9.69 Å². The van der Waals surface area contributed by atoms with Crippen LogP contribution in [0.3, 0.4) is 0 Å². The number of benzene rings is 2. The number of rotatable bonds is 5. The lowest BCUT2D eigenvalue weighted by molar-refractivity contribution is 0.0913. The van der Waals surface area contributed by atoms with Crippen LogP contribution in [0.2, 0.25) is 5.02 Å². The van der Waals surface area contributed by atoms with Crippen molar-refractivity contribution in [1.82, 2.24) is 5.32 Å². The molecule has 0 unspecified atom stereocenters. The lowest BCUT2D eigenvalue weighted by Crippen LogP contribution is -2.34. The zero-order valence-electron chi connectivity index (χ0n) is 16.5. The van der Waals surface area contributed by atoms with Crippen molar-refractivity contribution >= 4 is 47.6 Å². The maximum Gasteiger partial charge on any atom is 0.414 e. The average molecular weight is 446 g/mol. The van der Waals surface area contributed by atoms with E-state index in [-0.39, 0.29) is 12.5 Å². The molecular weight excluding hydrogens is 422 g/mol. The first-order valence-electron chi connectivity index (χ1n) is 10.1. The first kappa shape index (κ1) is 20.9. The summed E-state index contributed by atoms with van der Waals surface area (Å²) in [6.45, 7) is 2.75. The second kappa shape index (κ2) is 9.18. The number of cyclic esters (lactones) is 1. The largest absolute Gasteiger partial charge is 0.442 e. The molecule has 2 aromatic rings. The number of anilines is 2. The van der Waals surface area contributed by atoms with Crippen LogP contribution in [0.4, 0.5) is 16.2 Å². The minimum absolute atomic E-state index is 0.215. The number of piperidine rings is 1. The summed E-state index contributed by atoms with van der Waals surface area (Å²) >= 11 is 10.3. The van der Waals surface area contributed by atoms with Gasteiger partial charge < -0.3 is 15.0 Å². The van der Waals surface area contributed by atoms with Gasteiger partial charge in [0.15, 0.2) is 0 Å². The molecule has 2 amide bonds. The monoisotopic (exact) mass is 445 g/mol. The first-order chi connectivity index (χ1) is 14.5. The summed E-state index contributed by atoms with van der Waals surface area (Å²) < 4.78 is 5.43. The number of hydrogen-bond donors (Lipinski definition) is 2. The molecule has 1 N–H and O–H groups in total. The Morgan fingerprint density at radius 2 is 1.80 bits per heavy atom. The van der Waals surface area contributed by atoms with E-state index >= 15 is 0 Å². The quantitative estimate of drug-likeness (QED) is 0.671. The number of amides is 2. The van der Waals surface area contributed by atoms with Crippen molar-refractivity contribution < 1.29 is 14.3 Å². The van der Waals surface area contributed by atoms with Crippen molar-refractivity contribution in [2.24, 2.45) is 0 Å². The van der Waals surface area contributed by atoms with Gasteiger partial charge in [0.25, 0.3) is 5.91 Å². The van der Waals surface area contributed by atoms with Crippen molar-refractivity contribution in [3.05, 3.63) is 53.1 Å². The maximum absolute atomic E-state index is 12.4. The fraction of sp³-hybridized carbons (Fsp3) is 0.364. The molecule has 1 atom stereocenters. The molecular formula is C22H24ClN3O3S. The average Bonchev–Trinajstić information content (AvgIpc) is 3.15. The number of nitrogens with one attached hydrogen (secondary N) is 1. The van der Waals surface area contributed by atoms with E-state index in [2.05, 4.69) is 35.0 Å². The van der Waals surface area contributed by atoms with Gasteiger partial charge >= 0.3 is 6.09 Å². The van der Waals surface area contributed by atoms with Crippen molar-refractivity contribution in [3.63, 3.8) is 0 Å². The number of ether oxygens (including phenoxy) is 1. The van der Waals surface area contributed by atoms with Gasteiger partial charge in [0.2, 0.25) is 0 Å². The second-order valence-electron chi connectivity index (χ2n) is 7.55. The summed E-state index contributed by atoms with van der Waals surface area (Å²) in [5.41, 5.74) is 2.36. The van der Waals surface area contributed by atoms with Crippen LogP contribution in [0.25, 0.3) is 0 Å². The van der Waals surface area contributed by atoms with Crippen molar-refractivity contribution in [3.8, 4) is 0 Å². The standard InChI is InChI=1S/C22H24ClN3O3S/c23-15-4-9-20(30)19(12-15)21(27)24-13-18-14-26(22(28)29-18)17-7-5-16(6-8-17)25-10-2-1-3-11-25/h4-9,12,18,30H,1-3,10-11,13-14H2,(H,24,27)/t18-/m0/s1. The smallest absolute Gasteiger partial charge is 0.414 e.